The zero-order valence-corrected chi connectivity index (χ0v) is 7.82. The SMILES string of the molecule is CCC(=[N+]=[N-])c1cccc(OC)c1. The van der Waals surface area contributed by atoms with Gasteiger partial charge >= 0.3 is 0 Å². The van der Waals surface area contributed by atoms with Gasteiger partial charge in [0.15, 0.2) is 0 Å². The number of hydrogen-bond acceptors (Lipinski definition) is 1. The Kier molecular flexibility index (Phi) is 3.23. The molecule has 0 bridgehead atoms. The molecule has 0 aliphatic carbocycles. The van der Waals surface area contributed by atoms with Crippen molar-refractivity contribution in [2.75, 3.05) is 7.11 Å². The Morgan fingerprint density at radius 3 is 2.85 bits per heavy atom. The Hall–Kier alpha value is -1.60. The van der Waals surface area contributed by atoms with Gasteiger partial charge in [0.2, 0.25) is 0 Å². The predicted octanol–water partition coefficient (Wildman–Crippen LogP) is 2.12. The third kappa shape index (κ3) is 2.17. The Morgan fingerprint density at radius 1 is 1.54 bits per heavy atom. The van der Waals surface area contributed by atoms with Crippen LogP contribution in [0.2, 0.25) is 0 Å². The van der Waals surface area contributed by atoms with Crippen molar-refractivity contribution >= 4 is 5.71 Å². The van der Waals surface area contributed by atoms with Crippen LogP contribution in [-0.2, 0) is 0 Å². The van der Waals surface area contributed by atoms with Gasteiger partial charge in [-0.3, -0.25) is 0 Å². The second kappa shape index (κ2) is 4.43. The summed E-state index contributed by atoms with van der Waals surface area (Å²) in [7, 11) is 1.61. The zero-order chi connectivity index (χ0) is 9.68. The summed E-state index contributed by atoms with van der Waals surface area (Å²) in [5.41, 5.74) is 10.2. The molecule has 3 heteroatoms. The van der Waals surface area contributed by atoms with Crippen LogP contribution in [0.4, 0.5) is 0 Å². The minimum atomic E-state index is 0.666. The first-order chi connectivity index (χ1) is 6.31. The molecule has 0 atom stereocenters. The lowest BCUT2D eigenvalue weighted by molar-refractivity contribution is -0.00656. The molecule has 0 aliphatic rings. The number of methoxy groups -OCH3 is 1. The molecule has 13 heavy (non-hydrogen) atoms. The van der Waals surface area contributed by atoms with Crippen LogP contribution in [0.15, 0.2) is 24.3 Å². The van der Waals surface area contributed by atoms with E-state index in [2.05, 4.69) is 4.79 Å². The van der Waals surface area contributed by atoms with Crippen LogP contribution in [0.1, 0.15) is 18.9 Å². The fraction of sp³-hybridized carbons (Fsp3) is 0.300. The summed E-state index contributed by atoms with van der Waals surface area (Å²) in [6.07, 6.45) is 0.698. The van der Waals surface area contributed by atoms with Gasteiger partial charge in [-0.1, -0.05) is 13.0 Å². The van der Waals surface area contributed by atoms with Gasteiger partial charge in [0.1, 0.15) is 5.75 Å². The summed E-state index contributed by atoms with van der Waals surface area (Å²) < 4.78 is 5.06. The summed E-state index contributed by atoms with van der Waals surface area (Å²) >= 11 is 0. The highest BCUT2D eigenvalue weighted by Gasteiger charge is 2.08. The van der Waals surface area contributed by atoms with Crippen LogP contribution < -0.4 is 4.74 Å². The fourth-order valence-corrected chi connectivity index (χ4v) is 1.14. The first-order valence-electron chi connectivity index (χ1n) is 4.17. The largest absolute Gasteiger partial charge is 0.497 e. The number of nitrogens with zero attached hydrogens (tertiary/aromatic N) is 2. The maximum absolute atomic E-state index is 8.69. The van der Waals surface area contributed by atoms with E-state index >= 15 is 0 Å². The summed E-state index contributed by atoms with van der Waals surface area (Å²) in [5.74, 6) is 0.770. The summed E-state index contributed by atoms with van der Waals surface area (Å²) in [6.45, 7) is 1.94. The molecule has 1 aromatic rings. The fourth-order valence-electron chi connectivity index (χ4n) is 1.14. The molecule has 1 rings (SSSR count). The molecule has 0 spiro atoms. The Bertz CT molecular complexity index is 341. The first kappa shape index (κ1) is 9.49. The van der Waals surface area contributed by atoms with Crippen LogP contribution in [0.25, 0.3) is 5.53 Å². The average molecular weight is 176 g/mol. The van der Waals surface area contributed by atoms with Gasteiger partial charge in [-0.15, -0.1) is 0 Å². The van der Waals surface area contributed by atoms with E-state index in [-0.39, 0.29) is 0 Å². The third-order valence-corrected chi connectivity index (χ3v) is 1.86. The standard InChI is InChI=1S/C10H12N2O/c1-3-10(12-11)8-5-4-6-9(7-8)13-2/h4-7H,3H2,1-2H3. The molecule has 3 nitrogen and oxygen atoms in total. The van der Waals surface area contributed by atoms with E-state index in [0.29, 0.717) is 12.1 Å². The molecular formula is C10H12N2O. The van der Waals surface area contributed by atoms with Crippen molar-refractivity contribution < 1.29 is 9.53 Å². The maximum atomic E-state index is 8.69. The number of benzene rings is 1. The number of hydrogen-bond donors (Lipinski definition) is 0. The van der Waals surface area contributed by atoms with E-state index < -0.39 is 0 Å². The van der Waals surface area contributed by atoms with Gasteiger partial charge in [0.05, 0.1) is 12.7 Å². The molecular weight excluding hydrogens is 164 g/mol. The molecule has 0 radical (unpaired) electrons. The molecule has 0 N–H and O–H groups in total. The van der Waals surface area contributed by atoms with E-state index in [0.717, 1.165) is 11.3 Å². The van der Waals surface area contributed by atoms with E-state index in [1.807, 2.05) is 31.2 Å². The average Bonchev–Trinajstić information content (AvgIpc) is 2.20. The van der Waals surface area contributed by atoms with E-state index in [1.165, 1.54) is 0 Å². The maximum Gasteiger partial charge on any atom is 0.299 e. The van der Waals surface area contributed by atoms with Gasteiger partial charge in [0, 0.05) is 6.42 Å². The summed E-state index contributed by atoms with van der Waals surface area (Å²) in [5, 5.41) is 0. The Morgan fingerprint density at radius 2 is 2.31 bits per heavy atom. The van der Waals surface area contributed by atoms with Crippen molar-refractivity contribution in [3.63, 3.8) is 0 Å². The van der Waals surface area contributed by atoms with E-state index in [1.54, 1.807) is 7.11 Å². The predicted molar refractivity (Wildman–Crippen MR) is 51.0 cm³/mol. The van der Waals surface area contributed by atoms with Crippen molar-refractivity contribution in [1.29, 1.82) is 0 Å². The first-order valence-corrected chi connectivity index (χ1v) is 4.17. The lowest BCUT2D eigenvalue weighted by Gasteiger charge is -1.99. The minimum Gasteiger partial charge on any atom is -0.497 e. The van der Waals surface area contributed by atoms with Gasteiger partial charge in [-0.05, 0) is 18.2 Å². The number of rotatable bonds is 3. The Labute approximate surface area is 77.6 Å². The highest BCUT2D eigenvalue weighted by Crippen LogP contribution is 2.13. The smallest absolute Gasteiger partial charge is 0.299 e. The van der Waals surface area contributed by atoms with Crippen LogP contribution in [0, 0.1) is 0 Å². The van der Waals surface area contributed by atoms with Crippen molar-refractivity contribution in [1.82, 2.24) is 0 Å². The van der Waals surface area contributed by atoms with Crippen LogP contribution in [0.5, 0.6) is 5.75 Å². The monoisotopic (exact) mass is 176 g/mol. The van der Waals surface area contributed by atoms with Gasteiger partial charge in [-0.2, -0.15) is 4.79 Å². The molecule has 0 heterocycles. The normalized spacial score (nSPS) is 9.08. The molecule has 0 unspecified atom stereocenters. The van der Waals surface area contributed by atoms with Crippen molar-refractivity contribution in [2.24, 2.45) is 0 Å². The highest BCUT2D eigenvalue weighted by atomic mass is 16.5. The zero-order valence-electron chi connectivity index (χ0n) is 7.82. The molecule has 0 aromatic heterocycles. The lowest BCUT2D eigenvalue weighted by atomic mass is 10.1. The highest BCUT2D eigenvalue weighted by molar-refractivity contribution is 5.96. The molecule has 68 valence electrons. The van der Waals surface area contributed by atoms with Gasteiger partial charge in [-0.25, -0.2) is 0 Å². The van der Waals surface area contributed by atoms with Crippen LogP contribution >= 0.6 is 0 Å². The topological polar surface area (TPSA) is 45.6 Å². The molecule has 0 fully saturated rings. The molecule has 0 amide bonds. The molecule has 0 saturated heterocycles. The van der Waals surface area contributed by atoms with Gasteiger partial charge < -0.3 is 10.3 Å². The number of ether oxygens (including phenoxy) is 1. The van der Waals surface area contributed by atoms with Crippen molar-refractivity contribution in [3.05, 3.63) is 35.4 Å². The van der Waals surface area contributed by atoms with E-state index in [9.17, 15) is 0 Å². The van der Waals surface area contributed by atoms with Crippen molar-refractivity contribution in [3.8, 4) is 5.75 Å². The van der Waals surface area contributed by atoms with E-state index in [4.69, 9.17) is 10.3 Å². The lowest BCUT2D eigenvalue weighted by Crippen LogP contribution is -2.00. The second-order valence-electron chi connectivity index (χ2n) is 2.63. The molecule has 1 aromatic carbocycles. The molecule has 0 aliphatic heterocycles. The summed E-state index contributed by atoms with van der Waals surface area (Å²) in [6, 6.07) is 7.46. The quantitative estimate of drug-likeness (QED) is 0.395. The minimum absolute atomic E-state index is 0.666. The second-order valence-corrected chi connectivity index (χ2v) is 2.63. The van der Waals surface area contributed by atoms with Crippen molar-refractivity contribution in [2.45, 2.75) is 13.3 Å². The Balaban J connectivity index is 3.07. The third-order valence-electron chi connectivity index (χ3n) is 1.86. The van der Waals surface area contributed by atoms with Gasteiger partial charge in [0.25, 0.3) is 5.71 Å². The summed E-state index contributed by atoms with van der Waals surface area (Å²) in [4.78, 5) is 3.21. The molecule has 0 saturated carbocycles. The van der Waals surface area contributed by atoms with Crippen LogP contribution in [0.3, 0.4) is 0 Å². The van der Waals surface area contributed by atoms with Crippen LogP contribution in [-0.4, -0.2) is 17.6 Å².